The van der Waals surface area contributed by atoms with E-state index in [-0.39, 0.29) is 16.9 Å². The Labute approximate surface area is 167 Å². The molecule has 5 rings (SSSR count). The van der Waals surface area contributed by atoms with Crippen molar-refractivity contribution >= 4 is 23.2 Å². The highest BCUT2D eigenvalue weighted by Gasteiger charge is 2.46. The topological polar surface area (TPSA) is 78.5 Å². The van der Waals surface area contributed by atoms with Gasteiger partial charge in [-0.25, -0.2) is 4.98 Å². The number of thiophene rings is 1. The number of ether oxygens (including phenoxy) is 1. The van der Waals surface area contributed by atoms with E-state index in [0.717, 1.165) is 62.1 Å². The molecule has 1 atom stereocenters. The molecule has 0 saturated carbocycles. The number of nitrogens with one attached hydrogen (secondary N) is 1. The van der Waals surface area contributed by atoms with Crippen molar-refractivity contribution < 1.29 is 9.53 Å². The van der Waals surface area contributed by atoms with Crippen LogP contribution in [0.1, 0.15) is 40.9 Å². The minimum atomic E-state index is -0.200. The third-order valence-corrected chi connectivity index (χ3v) is 6.98. The number of fused-ring (bicyclic) bond motifs is 2. The van der Waals surface area contributed by atoms with E-state index in [2.05, 4.69) is 9.88 Å². The molecule has 28 heavy (non-hydrogen) atoms. The smallest absolute Gasteiger partial charge is 0.255 e. The maximum atomic E-state index is 12.9. The first-order chi connectivity index (χ1) is 13.7. The second kappa shape index (κ2) is 7.00. The van der Waals surface area contributed by atoms with Crippen molar-refractivity contribution in [3.8, 4) is 0 Å². The molecule has 2 saturated heterocycles. The van der Waals surface area contributed by atoms with E-state index >= 15 is 0 Å². The SMILES string of the molecule is O=C(c1ccsc1)N1CCCC2(CCc3c2nc(N2CCOCC2)[nH]c3=O)C1. The van der Waals surface area contributed by atoms with Gasteiger partial charge in [0, 0.05) is 42.5 Å². The van der Waals surface area contributed by atoms with Gasteiger partial charge in [0.25, 0.3) is 11.5 Å². The summed E-state index contributed by atoms with van der Waals surface area (Å²) in [5.74, 6) is 0.738. The van der Waals surface area contributed by atoms with Gasteiger partial charge < -0.3 is 14.5 Å². The molecule has 148 valence electrons. The van der Waals surface area contributed by atoms with Crippen LogP contribution >= 0.6 is 11.3 Å². The van der Waals surface area contributed by atoms with Crippen molar-refractivity contribution in [2.75, 3.05) is 44.3 Å². The summed E-state index contributed by atoms with van der Waals surface area (Å²) >= 11 is 1.54. The molecule has 2 aromatic heterocycles. The molecule has 3 aliphatic rings. The summed E-state index contributed by atoms with van der Waals surface area (Å²) in [6.45, 7) is 4.18. The number of aromatic nitrogens is 2. The van der Waals surface area contributed by atoms with E-state index in [1.54, 1.807) is 11.3 Å². The second-order valence-corrected chi connectivity index (χ2v) is 8.72. The van der Waals surface area contributed by atoms with Crippen LogP contribution in [-0.2, 0) is 16.6 Å². The number of amides is 1. The van der Waals surface area contributed by atoms with Gasteiger partial charge in [0.2, 0.25) is 5.95 Å². The number of hydrogen-bond acceptors (Lipinski definition) is 6. The standard InChI is InChI=1S/C20H24N4O3S/c25-17-15-2-5-20(16(15)21-19(22-17)23-7-9-27-10-8-23)4-1-6-24(13-20)18(26)14-3-11-28-12-14/h3,11-12H,1-2,4-10,13H2,(H,21,22,25). The Morgan fingerprint density at radius 3 is 2.89 bits per heavy atom. The van der Waals surface area contributed by atoms with E-state index in [1.807, 2.05) is 21.7 Å². The molecule has 7 nitrogen and oxygen atoms in total. The zero-order chi connectivity index (χ0) is 19.1. The summed E-state index contributed by atoms with van der Waals surface area (Å²) in [7, 11) is 0. The van der Waals surface area contributed by atoms with Gasteiger partial charge in [-0.15, -0.1) is 0 Å². The lowest BCUT2D eigenvalue weighted by atomic mass is 9.77. The Kier molecular flexibility index (Phi) is 4.47. The molecule has 1 N–H and O–H groups in total. The van der Waals surface area contributed by atoms with Crippen LogP contribution in [0, 0.1) is 0 Å². The number of carbonyl (C=O) groups is 1. The molecule has 0 bridgehead atoms. The number of aromatic amines is 1. The third kappa shape index (κ3) is 2.95. The average molecular weight is 401 g/mol. The number of morpholine rings is 1. The first-order valence-electron chi connectivity index (χ1n) is 9.94. The summed E-state index contributed by atoms with van der Waals surface area (Å²) in [6.07, 6.45) is 3.54. The Balaban J connectivity index is 1.48. The second-order valence-electron chi connectivity index (χ2n) is 7.94. The highest BCUT2D eigenvalue weighted by atomic mass is 32.1. The van der Waals surface area contributed by atoms with E-state index in [9.17, 15) is 9.59 Å². The van der Waals surface area contributed by atoms with Crippen LogP contribution in [-0.4, -0.2) is 60.2 Å². The summed E-state index contributed by atoms with van der Waals surface area (Å²) in [6, 6.07) is 1.89. The normalized spacial score (nSPS) is 24.6. The number of H-pyrrole nitrogens is 1. The molecule has 2 aliphatic heterocycles. The predicted molar refractivity (Wildman–Crippen MR) is 107 cm³/mol. The highest BCUT2D eigenvalue weighted by Crippen LogP contribution is 2.43. The van der Waals surface area contributed by atoms with Gasteiger partial charge in [0.1, 0.15) is 0 Å². The molecular weight excluding hydrogens is 376 g/mol. The molecule has 1 spiro atoms. The first-order valence-corrected chi connectivity index (χ1v) is 10.9. The fraction of sp³-hybridized carbons (Fsp3) is 0.550. The summed E-state index contributed by atoms with van der Waals surface area (Å²) in [4.78, 5) is 37.7. The number of hydrogen-bond donors (Lipinski definition) is 1. The van der Waals surface area contributed by atoms with Crippen LogP contribution in [0.3, 0.4) is 0 Å². The van der Waals surface area contributed by atoms with E-state index in [0.29, 0.717) is 25.7 Å². The number of likely N-dealkylation sites (tertiary alicyclic amines) is 1. The zero-order valence-electron chi connectivity index (χ0n) is 15.8. The van der Waals surface area contributed by atoms with Gasteiger partial charge in [-0.3, -0.25) is 14.6 Å². The molecular formula is C20H24N4O3S. The van der Waals surface area contributed by atoms with Crippen LogP contribution in [0.5, 0.6) is 0 Å². The number of rotatable bonds is 2. The monoisotopic (exact) mass is 400 g/mol. The zero-order valence-corrected chi connectivity index (χ0v) is 16.6. The fourth-order valence-electron chi connectivity index (χ4n) is 4.84. The number of piperidine rings is 1. The minimum absolute atomic E-state index is 0.0235. The van der Waals surface area contributed by atoms with Crippen LogP contribution in [0.15, 0.2) is 21.6 Å². The van der Waals surface area contributed by atoms with E-state index in [4.69, 9.17) is 9.72 Å². The summed E-state index contributed by atoms with van der Waals surface area (Å²) < 4.78 is 5.42. The Morgan fingerprint density at radius 2 is 2.11 bits per heavy atom. The van der Waals surface area contributed by atoms with Crippen molar-refractivity contribution in [1.82, 2.24) is 14.9 Å². The lowest BCUT2D eigenvalue weighted by Gasteiger charge is -2.40. The highest BCUT2D eigenvalue weighted by molar-refractivity contribution is 7.08. The van der Waals surface area contributed by atoms with Crippen LogP contribution in [0.4, 0.5) is 5.95 Å². The number of nitrogens with zero attached hydrogens (tertiary/aromatic N) is 3. The molecule has 2 aromatic rings. The lowest BCUT2D eigenvalue weighted by molar-refractivity contribution is 0.0634. The van der Waals surface area contributed by atoms with Crippen molar-refractivity contribution in [2.24, 2.45) is 0 Å². The van der Waals surface area contributed by atoms with Crippen LogP contribution < -0.4 is 10.5 Å². The van der Waals surface area contributed by atoms with Crippen molar-refractivity contribution in [1.29, 1.82) is 0 Å². The number of carbonyl (C=O) groups excluding carboxylic acids is 1. The Hall–Kier alpha value is -2.19. The van der Waals surface area contributed by atoms with Crippen molar-refractivity contribution in [3.05, 3.63) is 44.0 Å². The Bertz CT molecular complexity index is 935. The molecule has 8 heteroatoms. The predicted octanol–water partition coefficient (Wildman–Crippen LogP) is 1.79. The average Bonchev–Trinajstić information content (AvgIpc) is 3.38. The quantitative estimate of drug-likeness (QED) is 0.832. The molecule has 1 amide bonds. The summed E-state index contributed by atoms with van der Waals surface area (Å²) in [5, 5.41) is 3.85. The van der Waals surface area contributed by atoms with Gasteiger partial charge in [0.05, 0.1) is 24.5 Å². The van der Waals surface area contributed by atoms with E-state index in [1.165, 1.54) is 0 Å². The van der Waals surface area contributed by atoms with Gasteiger partial charge in [-0.1, -0.05) is 0 Å². The number of anilines is 1. The van der Waals surface area contributed by atoms with Crippen LogP contribution in [0.2, 0.25) is 0 Å². The van der Waals surface area contributed by atoms with Gasteiger partial charge >= 0.3 is 0 Å². The largest absolute Gasteiger partial charge is 0.378 e. The molecule has 0 aromatic carbocycles. The molecule has 2 fully saturated rings. The van der Waals surface area contributed by atoms with Gasteiger partial charge in [-0.05, 0) is 37.1 Å². The first kappa shape index (κ1) is 17.9. The van der Waals surface area contributed by atoms with Gasteiger partial charge in [-0.2, -0.15) is 11.3 Å². The fourth-order valence-corrected chi connectivity index (χ4v) is 5.46. The van der Waals surface area contributed by atoms with Crippen molar-refractivity contribution in [2.45, 2.75) is 31.1 Å². The lowest BCUT2D eigenvalue weighted by Crippen LogP contribution is -2.48. The minimum Gasteiger partial charge on any atom is -0.378 e. The maximum absolute atomic E-state index is 12.9. The maximum Gasteiger partial charge on any atom is 0.255 e. The Morgan fingerprint density at radius 1 is 1.25 bits per heavy atom. The molecule has 1 unspecified atom stereocenters. The molecule has 1 aliphatic carbocycles. The van der Waals surface area contributed by atoms with Crippen molar-refractivity contribution in [3.63, 3.8) is 0 Å². The molecule has 4 heterocycles. The summed E-state index contributed by atoms with van der Waals surface area (Å²) in [5.41, 5.74) is 2.26. The molecule has 0 radical (unpaired) electrons. The van der Waals surface area contributed by atoms with Gasteiger partial charge in [0.15, 0.2) is 0 Å². The van der Waals surface area contributed by atoms with E-state index < -0.39 is 0 Å². The third-order valence-electron chi connectivity index (χ3n) is 6.30. The van der Waals surface area contributed by atoms with Crippen LogP contribution in [0.25, 0.3) is 0 Å².